The first-order valence-corrected chi connectivity index (χ1v) is 10.2. The number of hydrogen-bond acceptors (Lipinski definition) is 5. The fourth-order valence-corrected chi connectivity index (χ4v) is 4.36. The first-order chi connectivity index (χ1) is 13.2. The molecule has 0 aromatic heterocycles. The molecule has 6 heteroatoms. The van der Waals surface area contributed by atoms with Crippen LogP contribution in [0.15, 0.2) is 30.3 Å². The van der Waals surface area contributed by atoms with Gasteiger partial charge < -0.3 is 19.5 Å². The number of nitrogens with one attached hydrogen (secondary N) is 1. The second-order valence-electron chi connectivity index (χ2n) is 7.89. The lowest BCUT2D eigenvalue weighted by Crippen LogP contribution is -2.46. The topological polar surface area (TPSA) is 60.0 Å². The van der Waals surface area contributed by atoms with Crippen molar-refractivity contribution in [1.29, 1.82) is 0 Å². The van der Waals surface area contributed by atoms with Crippen molar-refractivity contribution < 1.29 is 19.0 Å². The van der Waals surface area contributed by atoms with Crippen LogP contribution in [0.2, 0.25) is 0 Å². The first-order valence-electron chi connectivity index (χ1n) is 10.2. The molecule has 1 aliphatic carbocycles. The summed E-state index contributed by atoms with van der Waals surface area (Å²) >= 11 is 0. The van der Waals surface area contributed by atoms with Gasteiger partial charge >= 0.3 is 6.09 Å². The van der Waals surface area contributed by atoms with Crippen molar-refractivity contribution in [3.63, 3.8) is 0 Å². The van der Waals surface area contributed by atoms with Crippen molar-refractivity contribution in [3.05, 3.63) is 35.9 Å². The lowest BCUT2D eigenvalue weighted by Gasteiger charge is -2.35. The molecular weight excluding hydrogens is 344 g/mol. The van der Waals surface area contributed by atoms with Crippen molar-refractivity contribution in [2.24, 2.45) is 0 Å². The molecule has 6 nitrogen and oxygen atoms in total. The van der Waals surface area contributed by atoms with Gasteiger partial charge in [0.2, 0.25) is 0 Å². The number of carbonyl (C=O) groups is 1. The van der Waals surface area contributed by atoms with Gasteiger partial charge in [0.05, 0.1) is 13.2 Å². The molecule has 0 radical (unpaired) electrons. The number of piperidine rings is 1. The molecule has 1 spiro atoms. The van der Waals surface area contributed by atoms with Gasteiger partial charge in [0.15, 0.2) is 5.79 Å². The Kier molecular flexibility index (Phi) is 5.95. The molecule has 0 unspecified atom stereocenters. The minimum atomic E-state index is -0.401. The second-order valence-corrected chi connectivity index (χ2v) is 7.89. The van der Waals surface area contributed by atoms with Crippen LogP contribution in [0, 0.1) is 0 Å². The number of carbonyl (C=O) groups excluding carboxylic acids is 1. The average Bonchev–Trinajstić information content (AvgIpc) is 3.14. The lowest BCUT2D eigenvalue weighted by molar-refractivity contribution is -0.187. The van der Waals surface area contributed by atoms with E-state index in [2.05, 4.69) is 34.5 Å². The molecule has 1 aromatic carbocycles. The molecule has 4 rings (SSSR count). The quantitative estimate of drug-likeness (QED) is 0.878. The van der Waals surface area contributed by atoms with Gasteiger partial charge in [0, 0.05) is 38.5 Å². The van der Waals surface area contributed by atoms with E-state index in [1.807, 2.05) is 6.07 Å². The third kappa shape index (κ3) is 5.00. The fourth-order valence-electron chi connectivity index (χ4n) is 4.36. The number of alkyl carbamates (subject to hydrolysis) is 1. The Morgan fingerprint density at radius 3 is 2.41 bits per heavy atom. The van der Waals surface area contributed by atoms with Crippen LogP contribution in [0.5, 0.6) is 0 Å². The third-order valence-corrected chi connectivity index (χ3v) is 5.94. The Labute approximate surface area is 161 Å². The second kappa shape index (κ2) is 8.59. The Morgan fingerprint density at radius 1 is 1.07 bits per heavy atom. The number of benzene rings is 1. The number of hydrogen-bond donors (Lipinski definition) is 1. The molecule has 2 saturated heterocycles. The predicted molar refractivity (Wildman–Crippen MR) is 101 cm³/mol. The van der Waals surface area contributed by atoms with E-state index in [0.29, 0.717) is 13.2 Å². The summed E-state index contributed by atoms with van der Waals surface area (Å²) in [6.07, 6.45) is 4.87. The van der Waals surface area contributed by atoms with E-state index in [9.17, 15) is 4.79 Å². The van der Waals surface area contributed by atoms with Gasteiger partial charge in [-0.2, -0.15) is 0 Å². The summed E-state index contributed by atoms with van der Waals surface area (Å²) in [5.41, 5.74) is 1.34. The maximum Gasteiger partial charge on any atom is 0.407 e. The van der Waals surface area contributed by atoms with Crippen molar-refractivity contribution in [2.45, 2.75) is 63.0 Å². The fraction of sp³-hybridized carbons (Fsp3) is 0.667. The molecule has 1 amide bonds. The summed E-state index contributed by atoms with van der Waals surface area (Å²) < 4.78 is 17.1. The Bertz CT molecular complexity index is 600. The molecule has 1 saturated carbocycles. The van der Waals surface area contributed by atoms with Crippen LogP contribution in [-0.2, 0) is 20.8 Å². The maximum atomic E-state index is 12.3. The highest BCUT2D eigenvalue weighted by molar-refractivity contribution is 5.67. The molecule has 3 fully saturated rings. The van der Waals surface area contributed by atoms with E-state index >= 15 is 0 Å². The zero-order chi connectivity index (χ0) is 18.5. The zero-order valence-electron chi connectivity index (χ0n) is 15.9. The minimum absolute atomic E-state index is 0.0263. The van der Waals surface area contributed by atoms with E-state index in [-0.39, 0.29) is 18.2 Å². The minimum Gasteiger partial charge on any atom is -0.446 e. The number of likely N-dealkylation sites (tertiary alicyclic amines) is 1. The van der Waals surface area contributed by atoms with Crippen molar-refractivity contribution in [2.75, 3.05) is 26.3 Å². The highest BCUT2D eigenvalue weighted by Gasteiger charge is 2.41. The summed E-state index contributed by atoms with van der Waals surface area (Å²) in [4.78, 5) is 14.7. The van der Waals surface area contributed by atoms with Crippen LogP contribution in [0.3, 0.4) is 0 Å². The predicted octanol–water partition coefficient (Wildman–Crippen LogP) is 3.06. The SMILES string of the molecule is O=C(NC1CCN(Cc2ccccc2)CC1)OC1CCC2(CC1)OCCO2. The van der Waals surface area contributed by atoms with Gasteiger partial charge in [-0.3, -0.25) is 4.90 Å². The molecule has 148 valence electrons. The third-order valence-electron chi connectivity index (χ3n) is 5.94. The Balaban J connectivity index is 1.15. The van der Waals surface area contributed by atoms with E-state index in [4.69, 9.17) is 14.2 Å². The summed E-state index contributed by atoms with van der Waals surface area (Å²) in [5, 5.41) is 3.06. The van der Waals surface area contributed by atoms with E-state index in [1.165, 1.54) is 5.56 Å². The summed E-state index contributed by atoms with van der Waals surface area (Å²) in [6, 6.07) is 10.7. The van der Waals surface area contributed by atoms with Crippen molar-refractivity contribution >= 4 is 6.09 Å². The van der Waals surface area contributed by atoms with Crippen LogP contribution in [0.25, 0.3) is 0 Å². The van der Waals surface area contributed by atoms with Crippen molar-refractivity contribution in [1.82, 2.24) is 10.2 Å². The highest BCUT2D eigenvalue weighted by atomic mass is 16.7. The maximum absolute atomic E-state index is 12.3. The Hall–Kier alpha value is -1.63. The molecular formula is C21H30N2O4. The van der Waals surface area contributed by atoms with Crippen LogP contribution in [0.1, 0.15) is 44.1 Å². The number of ether oxygens (including phenoxy) is 3. The molecule has 3 aliphatic rings. The Morgan fingerprint density at radius 2 is 1.74 bits per heavy atom. The molecule has 1 N–H and O–H groups in total. The van der Waals surface area contributed by atoms with E-state index in [1.54, 1.807) is 0 Å². The number of rotatable bonds is 4. The lowest BCUT2D eigenvalue weighted by atomic mass is 9.92. The monoisotopic (exact) mass is 374 g/mol. The van der Waals surface area contributed by atoms with Crippen LogP contribution >= 0.6 is 0 Å². The van der Waals surface area contributed by atoms with Crippen molar-refractivity contribution in [3.8, 4) is 0 Å². The van der Waals surface area contributed by atoms with Gasteiger partial charge in [-0.05, 0) is 31.2 Å². The summed E-state index contributed by atoms with van der Waals surface area (Å²) in [5.74, 6) is -0.401. The smallest absolute Gasteiger partial charge is 0.407 e. The molecule has 1 aromatic rings. The number of amides is 1. The largest absolute Gasteiger partial charge is 0.446 e. The molecule has 0 bridgehead atoms. The zero-order valence-corrected chi connectivity index (χ0v) is 15.9. The average molecular weight is 374 g/mol. The number of nitrogens with zero attached hydrogens (tertiary/aromatic N) is 1. The molecule has 2 heterocycles. The van der Waals surface area contributed by atoms with E-state index in [0.717, 1.165) is 58.2 Å². The van der Waals surface area contributed by atoms with Gasteiger partial charge in [-0.25, -0.2) is 4.79 Å². The van der Waals surface area contributed by atoms with Crippen LogP contribution < -0.4 is 5.32 Å². The summed E-state index contributed by atoms with van der Waals surface area (Å²) in [7, 11) is 0. The molecule has 0 atom stereocenters. The first kappa shape index (κ1) is 18.7. The normalized spacial score (nSPS) is 24.1. The van der Waals surface area contributed by atoms with E-state index < -0.39 is 5.79 Å². The van der Waals surface area contributed by atoms with Gasteiger partial charge in [-0.15, -0.1) is 0 Å². The van der Waals surface area contributed by atoms with Gasteiger partial charge in [0.25, 0.3) is 0 Å². The highest BCUT2D eigenvalue weighted by Crippen LogP contribution is 2.36. The van der Waals surface area contributed by atoms with Gasteiger partial charge in [0.1, 0.15) is 6.10 Å². The summed E-state index contributed by atoms with van der Waals surface area (Å²) in [6.45, 7) is 4.33. The molecule has 27 heavy (non-hydrogen) atoms. The van der Waals surface area contributed by atoms with Crippen LogP contribution in [-0.4, -0.2) is 55.2 Å². The molecule has 2 aliphatic heterocycles. The standard InChI is InChI=1S/C21H30N2O4/c24-20(27-19-6-10-21(11-7-19)25-14-15-26-21)22-18-8-12-23(13-9-18)16-17-4-2-1-3-5-17/h1-5,18-19H,6-16H2,(H,22,24). The van der Waals surface area contributed by atoms with Crippen LogP contribution in [0.4, 0.5) is 4.79 Å². The van der Waals surface area contributed by atoms with Gasteiger partial charge in [-0.1, -0.05) is 30.3 Å².